The number of hydrogen-bond acceptors (Lipinski definition) is 7. The molecule has 2 aromatic heterocycles. The molecule has 192 valence electrons. The van der Waals surface area contributed by atoms with E-state index in [0.717, 1.165) is 30.9 Å². The highest BCUT2D eigenvalue weighted by molar-refractivity contribution is 6.11. The van der Waals surface area contributed by atoms with Gasteiger partial charge in [0.25, 0.3) is 5.91 Å². The number of fused-ring (bicyclic) bond motifs is 1. The molecule has 1 saturated heterocycles. The van der Waals surface area contributed by atoms with Crippen molar-refractivity contribution in [1.29, 1.82) is 0 Å². The average Bonchev–Trinajstić information content (AvgIpc) is 3.28. The number of aromatic nitrogens is 2. The number of nitrogens with one attached hydrogen (secondary N) is 1. The fourth-order valence-corrected chi connectivity index (χ4v) is 3.94. The zero-order chi connectivity index (χ0) is 26.0. The summed E-state index contributed by atoms with van der Waals surface area (Å²) in [5.41, 5.74) is 0.933. The maximum atomic E-state index is 13.6. The largest absolute Gasteiger partial charge is 0.573 e. The molecule has 4 aromatic rings. The van der Waals surface area contributed by atoms with Gasteiger partial charge >= 0.3 is 6.36 Å². The van der Waals surface area contributed by atoms with Crippen LogP contribution in [0, 0.1) is 5.82 Å². The molecule has 5 rings (SSSR count). The molecule has 3 heterocycles. The van der Waals surface area contributed by atoms with Crippen molar-refractivity contribution in [3.05, 3.63) is 71.7 Å². The van der Waals surface area contributed by atoms with Crippen LogP contribution in [0.2, 0.25) is 0 Å². The Hall–Kier alpha value is -4.03. The van der Waals surface area contributed by atoms with Gasteiger partial charge in [-0.2, -0.15) is 0 Å². The van der Waals surface area contributed by atoms with Gasteiger partial charge < -0.3 is 19.2 Å². The van der Waals surface area contributed by atoms with E-state index in [0.29, 0.717) is 31.6 Å². The lowest BCUT2D eigenvalue weighted by Gasteiger charge is -2.26. The van der Waals surface area contributed by atoms with E-state index in [2.05, 4.69) is 24.9 Å². The summed E-state index contributed by atoms with van der Waals surface area (Å²) in [4.78, 5) is 24.0. The number of oxazole rings is 1. The number of morpholine rings is 1. The molecular weight excluding hydrogens is 496 g/mol. The van der Waals surface area contributed by atoms with E-state index < -0.39 is 23.8 Å². The van der Waals surface area contributed by atoms with Crippen LogP contribution in [-0.4, -0.2) is 53.4 Å². The molecule has 0 saturated carbocycles. The minimum Gasteiger partial charge on any atom is -0.436 e. The van der Waals surface area contributed by atoms with Gasteiger partial charge in [-0.1, -0.05) is 12.1 Å². The first-order valence-electron chi connectivity index (χ1n) is 11.3. The maximum absolute atomic E-state index is 13.6. The van der Waals surface area contributed by atoms with Crippen molar-refractivity contribution in [3.63, 3.8) is 0 Å². The molecule has 0 unspecified atom stereocenters. The van der Waals surface area contributed by atoms with E-state index in [4.69, 9.17) is 9.15 Å². The van der Waals surface area contributed by atoms with Gasteiger partial charge in [-0.25, -0.2) is 14.4 Å². The third kappa shape index (κ3) is 5.87. The van der Waals surface area contributed by atoms with Crippen molar-refractivity contribution in [2.24, 2.45) is 0 Å². The lowest BCUT2D eigenvalue weighted by molar-refractivity contribution is -0.274. The van der Waals surface area contributed by atoms with Gasteiger partial charge in [-0.3, -0.25) is 9.69 Å². The smallest absolute Gasteiger partial charge is 0.436 e. The predicted molar refractivity (Wildman–Crippen MR) is 124 cm³/mol. The van der Waals surface area contributed by atoms with Crippen LogP contribution in [0.4, 0.5) is 23.4 Å². The Kier molecular flexibility index (Phi) is 6.76. The number of anilines is 1. The van der Waals surface area contributed by atoms with Gasteiger partial charge in [0, 0.05) is 25.7 Å². The van der Waals surface area contributed by atoms with Crippen LogP contribution in [0.5, 0.6) is 5.75 Å². The Labute approximate surface area is 207 Å². The molecule has 8 nitrogen and oxygen atoms in total. The molecule has 12 heteroatoms. The number of alkyl halides is 3. The van der Waals surface area contributed by atoms with E-state index in [9.17, 15) is 22.4 Å². The number of hydrogen-bond donors (Lipinski definition) is 1. The molecule has 0 bridgehead atoms. The Morgan fingerprint density at radius 3 is 2.62 bits per heavy atom. The zero-order valence-electron chi connectivity index (χ0n) is 19.2. The Bertz CT molecular complexity index is 1430. The van der Waals surface area contributed by atoms with Gasteiger partial charge in [0.15, 0.2) is 5.58 Å². The molecule has 1 aliphatic rings. The van der Waals surface area contributed by atoms with Gasteiger partial charge in [0.2, 0.25) is 5.89 Å². The van der Waals surface area contributed by atoms with Crippen molar-refractivity contribution in [2.45, 2.75) is 12.9 Å². The fourth-order valence-electron chi connectivity index (χ4n) is 3.94. The van der Waals surface area contributed by atoms with E-state index in [1.54, 1.807) is 18.2 Å². The van der Waals surface area contributed by atoms with Crippen LogP contribution in [0.25, 0.3) is 22.6 Å². The maximum Gasteiger partial charge on any atom is 0.573 e. The number of ether oxygens (including phenoxy) is 2. The number of amides is 1. The van der Waals surface area contributed by atoms with Crippen LogP contribution in [-0.2, 0) is 11.3 Å². The molecule has 1 N–H and O–H groups in total. The second-order valence-electron chi connectivity index (χ2n) is 8.22. The number of nitrogens with zero attached hydrogens (tertiary/aromatic N) is 3. The van der Waals surface area contributed by atoms with Crippen molar-refractivity contribution in [2.75, 3.05) is 31.6 Å². The van der Waals surface area contributed by atoms with E-state index in [-0.39, 0.29) is 28.1 Å². The molecule has 1 aliphatic heterocycles. The number of pyridine rings is 1. The molecule has 0 radical (unpaired) electrons. The van der Waals surface area contributed by atoms with E-state index in [1.165, 1.54) is 12.1 Å². The number of para-hydroxylation sites is 1. The molecule has 37 heavy (non-hydrogen) atoms. The third-order valence-electron chi connectivity index (χ3n) is 5.60. The minimum atomic E-state index is -5.05. The first kappa shape index (κ1) is 24.7. The van der Waals surface area contributed by atoms with Crippen LogP contribution in [0.3, 0.4) is 0 Å². The van der Waals surface area contributed by atoms with Gasteiger partial charge in [0.1, 0.15) is 22.9 Å². The van der Waals surface area contributed by atoms with E-state index >= 15 is 0 Å². The monoisotopic (exact) mass is 516 g/mol. The number of rotatable bonds is 6. The summed E-state index contributed by atoms with van der Waals surface area (Å²) in [6.45, 7) is 3.50. The van der Waals surface area contributed by atoms with E-state index in [1.807, 2.05) is 6.07 Å². The number of carbonyl (C=O) groups excluding carboxylic acids is 1. The first-order valence-corrected chi connectivity index (χ1v) is 11.3. The van der Waals surface area contributed by atoms with Crippen molar-refractivity contribution in [1.82, 2.24) is 14.9 Å². The summed E-state index contributed by atoms with van der Waals surface area (Å²) in [5.74, 6) is -2.21. The second-order valence-corrected chi connectivity index (χ2v) is 8.22. The van der Waals surface area contributed by atoms with Crippen molar-refractivity contribution in [3.8, 4) is 17.2 Å². The second kappa shape index (κ2) is 10.1. The highest BCUT2D eigenvalue weighted by Crippen LogP contribution is 2.36. The SMILES string of the molecule is O=C(Nc1cccc(CN2CCOCC2)n1)c1cccc2oc(-c3ccc(F)cc3OC(F)(F)F)nc12. The van der Waals surface area contributed by atoms with Crippen LogP contribution < -0.4 is 10.1 Å². The molecule has 2 aromatic carbocycles. The standard InChI is InChI=1S/C25H20F4N4O4/c26-15-7-8-17(20(13-15)37-25(27,28)29)24-32-22-18(4-2-5-19(22)36-24)23(34)31-21-6-1-3-16(30-21)14-33-9-11-35-12-10-33/h1-8,13H,9-12,14H2,(H,30,31,34). The highest BCUT2D eigenvalue weighted by atomic mass is 19.4. The molecule has 0 aliphatic carbocycles. The molecule has 1 amide bonds. The van der Waals surface area contributed by atoms with Gasteiger partial charge in [0.05, 0.1) is 30.0 Å². The first-order chi connectivity index (χ1) is 17.7. The number of benzene rings is 2. The number of halogens is 4. The summed E-state index contributed by atoms with van der Waals surface area (Å²) in [6, 6.07) is 12.4. The minimum absolute atomic E-state index is 0.113. The third-order valence-corrected chi connectivity index (χ3v) is 5.60. The average molecular weight is 516 g/mol. The zero-order valence-corrected chi connectivity index (χ0v) is 19.2. The van der Waals surface area contributed by atoms with Crippen LogP contribution in [0.1, 0.15) is 16.1 Å². The Morgan fingerprint density at radius 1 is 1.05 bits per heavy atom. The fraction of sp³-hybridized carbons (Fsp3) is 0.240. The predicted octanol–water partition coefficient (Wildman–Crippen LogP) is 5.01. The van der Waals surface area contributed by atoms with Crippen molar-refractivity contribution < 1.29 is 36.2 Å². The molecule has 0 atom stereocenters. The molecule has 0 spiro atoms. The summed E-state index contributed by atoms with van der Waals surface area (Å²) >= 11 is 0. The normalized spacial score (nSPS) is 14.6. The lowest BCUT2D eigenvalue weighted by atomic mass is 10.1. The quantitative estimate of drug-likeness (QED) is 0.360. The highest BCUT2D eigenvalue weighted by Gasteiger charge is 2.33. The lowest BCUT2D eigenvalue weighted by Crippen LogP contribution is -2.35. The summed E-state index contributed by atoms with van der Waals surface area (Å²) in [5, 5.41) is 2.73. The molecular formula is C25H20F4N4O4. The van der Waals surface area contributed by atoms with Crippen LogP contribution in [0.15, 0.2) is 59.0 Å². The Balaban J connectivity index is 1.40. The van der Waals surface area contributed by atoms with Crippen molar-refractivity contribution >= 4 is 22.8 Å². The van der Waals surface area contributed by atoms with Gasteiger partial charge in [-0.15, -0.1) is 13.2 Å². The summed E-state index contributed by atoms with van der Waals surface area (Å²) < 4.78 is 67.1. The number of carbonyl (C=O) groups is 1. The molecule has 1 fully saturated rings. The van der Waals surface area contributed by atoms with Crippen LogP contribution >= 0.6 is 0 Å². The topological polar surface area (TPSA) is 89.7 Å². The summed E-state index contributed by atoms with van der Waals surface area (Å²) in [7, 11) is 0. The van der Waals surface area contributed by atoms with Gasteiger partial charge in [-0.05, 0) is 36.4 Å². The Morgan fingerprint density at radius 2 is 1.84 bits per heavy atom. The summed E-state index contributed by atoms with van der Waals surface area (Å²) in [6.07, 6.45) is -5.05.